The molecule has 2 aromatic rings. The van der Waals surface area contributed by atoms with Gasteiger partial charge in [0, 0.05) is 44.1 Å². The Morgan fingerprint density at radius 1 is 1.11 bits per heavy atom. The Bertz CT molecular complexity index is 786. The van der Waals surface area contributed by atoms with E-state index in [2.05, 4.69) is 30.9 Å². The predicted molar refractivity (Wildman–Crippen MR) is 103 cm³/mol. The van der Waals surface area contributed by atoms with Crippen LogP contribution < -0.4 is 16.0 Å². The molecule has 1 fully saturated rings. The van der Waals surface area contributed by atoms with Crippen LogP contribution in [0.3, 0.4) is 0 Å². The maximum Gasteiger partial charge on any atom is 0.223 e. The molecule has 1 aliphatic rings. The lowest BCUT2D eigenvalue weighted by Crippen LogP contribution is -2.36. The Morgan fingerprint density at radius 3 is 2.63 bits per heavy atom. The summed E-state index contributed by atoms with van der Waals surface area (Å²) in [5, 5.41) is 9.26. The summed E-state index contributed by atoms with van der Waals surface area (Å²) in [4.78, 5) is 36.3. The Balaban J connectivity index is 1.46. The summed E-state index contributed by atoms with van der Waals surface area (Å²) >= 11 is 0. The van der Waals surface area contributed by atoms with Crippen LogP contribution in [-0.4, -0.2) is 39.7 Å². The summed E-state index contributed by atoms with van der Waals surface area (Å²) in [6.45, 7) is 2.87. The minimum Gasteiger partial charge on any atom is -0.368 e. The molecule has 142 valence electrons. The van der Waals surface area contributed by atoms with Gasteiger partial charge in [-0.25, -0.2) is 15.0 Å². The second-order valence-corrected chi connectivity index (χ2v) is 6.56. The number of carbonyl (C=O) groups excluding carboxylic acids is 2. The van der Waals surface area contributed by atoms with Gasteiger partial charge in [0.15, 0.2) is 0 Å². The minimum absolute atomic E-state index is 0.0284. The number of Topliss-reactive ketones (excluding diaryl/α,β-unsaturated/α-hetero) is 1. The Labute approximate surface area is 158 Å². The van der Waals surface area contributed by atoms with Crippen molar-refractivity contribution in [2.24, 2.45) is 5.92 Å². The molecule has 1 amide bonds. The number of nitrogens with zero attached hydrogens (tertiary/aromatic N) is 3. The van der Waals surface area contributed by atoms with Gasteiger partial charge in [-0.1, -0.05) is 6.07 Å². The molecule has 0 aromatic carbocycles. The van der Waals surface area contributed by atoms with Crippen LogP contribution in [0.5, 0.6) is 0 Å². The molecule has 0 radical (unpaired) electrons. The van der Waals surface area contributed by atoms with E-state index in [-0.39, 0.29) is 17.6 Å². The number of hydrogen-bond acceptors (Lipinski definition) is 7. The molecule has 2 aromatic heterocycles. The van der Waals surface area contributed by atoms with Crippen molar-refractivity contribution in [1.82, 2.24) is 20.3 Å². The monoisotopic (exact) mass is 368 g/mol. The molecule has 3 N–H and O–H groups in total. The zero-order chi connectivity index (χ0) is 19.1. The zero-order valence-electron chi connectivity index (χ0n) is 15.4. The van der Waals surface area contributed by atoms with Crippen LogP contribution in [0.1, 0.15) is 31.5 Å². The summed E-state index contributed by atoms with van der Waals surface area (Å²) in [6.07, 6.45) is 4.06. The lowest BCUT2D eigenvalue weighted by Gasteiger charge is -2.20. The first-order valence-electron chi connectivity index (χ1n) is 9.17. The van der Waals surface area contributed by atoms with Gasteiger partial charge in [0.05, 0.1) is 0 Å². The third kappa shape index (κ3) is 5.73. The number of pyridine rings is 1. The van der Waals surface area contributed by atoms with Gasteiger partial charge in [0.25, 0.3) is 0 Å². The fourth-order valence-electron chi connectivity index (χ4n) is 3.01. The molecular formula is C19H24N6O2. The van der Waals surface area contributed by atoms with Crippen molar-refractivity contribution in [3.05, 3.63) is 36.3 Å². The van der Waals surface area contributed by atoms with E-state index in [0.29, 0.717) is 62.1 Å². The van der Waals surface area contributed by atoms with Crippen molar-refractivity contribution in [2.45, 2.75) is 32.6 Å². The Morgan fingerprint density at radius 2 is 1.89 bits per heavy atom. The normalized spacial score (nSPS) is 14.6. The maximum absolute atomic E-state index is 12.1. The number of ketones is 1. The van der Waals surface area contributed by atoms with Gasteiger partial charge in [-0.15, -0.1) is 0 Å². The number of aromatic nitrogens is 3. The Hall–Kier alpha value is -3.03. The second kappa shape index (κ2) is 9.07. The molecule has 1 aliphatic carbocycles. The van der Waals surface area contributed by atoms with Crippen LogP contribution in [0.15, 0.2) is 30.5 Å². The molecule has 0 atom stereocenters. The van der Waals surface area contributed by atoms with Crippen molar-refractivity contribution in [2.75, 3.05) is 23.7 Å². The number of carbonyl (C=O) groups is 2. The minimum atomic E-state index is -0.0434. The Kier molecular flexibility index (Phi) is 6.30. The van der Waals surface area contributed by atoms with Gasteiger partial charge in [-0.3, -0.25) is 9.59 Å². The molecule has 27 heavy (non-hydrogen) atoms. The third-order valence-electron chi connectivity index (χ3n) is 4.40. The molecule has 0 bridgehead atoms. The van der Waals surface area contributed by atoms with Crippen LogP contribution in [0.2, 0.25) is 0 Å². The first-order valence-corrected chi connectivity index (χ1v) is 9.17. The molecule has 8 nitrogen and oxygen atoms in total. The quantitative estimate of drug-likeness (QED) is 0.643. The van der Waals surface area contributed by atoms with Crippen molar-refractivity contribution >= 4 is 29.1 Å². The molecule has 8 heteroatoms. The molecule has 0 aliphatic heterocycles. The van der Waals surface area contributed by atoms with Crippen LogP contribution in [-0.2, 0) is 9.59 Å². The fraction of sp³-hybridized carbons (Fsp3) is 0.421. The van der Waals surface area contributed by atoms with Gasteiger partial charge in [0.1, 0.15) is 29.1 Å². The summed E-state index contributed by atoms with van der Waals surface area (Å²) in [7, 11) is 0. The average Bonchev–Trinajstić information content (AvgIpc) is 2.66. The second-order valence-electron chi connectivity index (χ2n) is 6.56. The summed E-state index contributed by atoms with van der Waals surface area (Å²) < 4.78 is 0. The van der Waals surface area contributed by atoms with Gasteiger partial charge < -0.3 is 16.0 Å². The standard InChI is InChI=1S/C19H24N6O2/c1-13-23-17(12-18(24-13)25-16-4-2-3-9-20-16)21-10-11-22-19(27)14-5-7-15(26)8-6-14/h2-4,9,12,14H,5-8,10-11H2,1H3,(H,22,27)(H2,20,21,23,24,25). The number of anilines is 3. The molecule has 0 spiro atoms. The topological polar surface area (TPSA) is 109 Å². The van der Waals surface area contributed by atoms with E-state index >= 15 is 0 Å². The van der Waals surface area contributed by atoms with E-state index in [0.717, 1.165) is 0 Å². The first kappa shape index (κ1) is 18.8. The van der Waals surface area contributed by atoms with E-state index in [9.17, 15) is 9.59 Å². The summed E-state index contributed by atoms with van der Waals surface area (Å²) in [5.74, 6) is 2.92. The largest absolute Gasteiger partial charge is 0.368 e. The number of rotatable bonds is 7. The summed E-state index contributed by atoms with van der Waals surface area (Å²) in [6, 6.07) is 7.41. The number of hydrogen-bond donors (Lipinski definition) is 3. The predicted octanol–water partition coefficient (Wildman–Crippen LogP) is 2.21. The SMILES string of the molecule is Cc1nc(NCCNC(=O)C2CCC(=O)CC2)cc(Nc2ccccn2)n1. The zero-order valence-corrected chi connectivity index (χ0v) is 15.4. The van der Waals surface area contributed by atoms with Gasteiger partial charge >= 0.3 is 0 Å². The van der Waals surface area contributed by atoms with Crippen molar-refractivity contribution in [3.63, 3.8) is 0 Å². The van der Waals surface area contributed by atoms with Gasteiger partial charge in [-0.05, 0) is 31.9 Å². The van der Waals surface area contributed by atoms with Crippen molar-refractivity contribution < 1.29 is 9.59 Å². The smallest absolute Gasteiger partial charge is 0.223 e. The number of amides is 1. The van der Waals surface area contributed by atoms with E-state index in [4.69, 9.17) is 0 Å². The molecular weight excluding hydrogens is 344 g/mol. The molecule has 2 heterocycles. The first-order chi connectivity index (χ1) is 13.1. The van der Waals surface area contributed by atoms with Gasteiger partial charge in [-0.2, -0.15) is 0 Å². The highest BCUT2D eigenvalue weighted by molar-refractivity contribution is 5.84. The van der Waals surface area contributed by atoms with Crippen LogP contribution in [0, 0.1) is 12.8 Å². The van der Waals surface area contributed by atoms with Crippen molar-refractivity contribution in [3.8, 4) is 0 Å². The van der Waals surface area contributed by atoms with E-state index in [1.165, 1.54) is 0 Å². The van der Waals surface area contributed by atoms with E-state index in [1.54, 1.807) is 12.3 Å². The highest BCUT2D eigenvalue weighted by Crippen LogP contribution is 2.21. The lowest BCUT2D eigenvalue weighted by atomic mass is 9.88. The maximum atomic E-state index is 12.1. The number of nitrogens with one attached hydrogen (secondary N) is 3. The third-order valence-corrected chi connectivity index (χ3v) is 4.40. The molecule has 1 saturated carbocycles. The van der Waals surface area contributed by atoms with E-state index < -0.39 is 0 Å². The van der Waals surface area contributed by atoms with E-state index in [1.807, 2.05) is 25.1 Å². The molecule has 0 unspecified atom stereocenters. The highest BCUT2D eigenvalue weighted by atomic mass is 16.2. The van der Waals surface area contributed by atoms with Crippen LogP contribution in [0.4, 0.5) is 17.5 Å². The number of aryl methyl sites for hydroxylation is 1. The summed E-state index contributed by atoms with van der Waals surface area (Å²) in [5.41, 5.74) is 0. The highest BCUT2D eigenvalue weighted by Gasteiger charge is 2.24. The fourth-order valence-corrected chi connectivity index (χ4v) is 3.01. The van der Waals surface area contributed by atoms with Crippen LogP contribution >= 0.6 is 0 Å². The average molecular weight is 368 g/mol. The van der Waals surface area contributed by atoms with Crippen LogP contribution in [0.25, 0.3) is 0 Å². The molecule has 0 saturated heterocycles. The van der Waals surface area contributed by atoms with Gasteiger partial charge in [0.2, 0.25) is 5.91 Å². The lowest BCUT2D eigenvalue weighted by molar-refractivity contribution is -0.128. The van der Waals surface area contributed by atoms with Crippen molar-refractivity contribution in [1.29, 1.82) is 0 Å². The molecule has 3 rings (SSSR count).